The highest BCUT2D eigenvalue weighted by molar-refractivity contribution is 6.05. The number of ketones is 1. The van der Waals surface area contributed by atoms with Crippen molar-refractivity contribution in [1.29, 1.82) is 0 Å². The van der Waals surface area contributed by atoms with Gasteiger partial charge in [0.15, 0.2) is 5.78 Å². The molecule has 1 rings (SSSR count). The van der Waals surface area contributed by atoms with Gasteiger partial charge in [-0.05, 0) is 43.6 Å². The van der Waals surface area contributed by atoms with Gasteiger partial charge >= 0.3 is 0 Å². The smallest absolute Gasteiger partial charge is 0.181 e. The molecule has 0 fully saturated rings. The predicted molar refractivity (Wildman–Crippen MR) is 69.3 cm³/mol. The van der Waals surface area contributed by atoms with E-state index in [1.165, 1.54) is 5.57 Å². The Morgan fingerprint density at radius 1 is 1.50 bits per heavy atom. The summed E-state index contributed by atoms with van der Waals surface area (Å²) >= 11 is 0. The number of carbonyl (C=O) groups excluding carboxylic acids is 1. The first-order valence-corrected chi connectivity index (χ1v) is 6.29. The van der Waals surface area contributed by atoms with Crippen molar-refractivity contribution in [3.8, 4) is 0 Å². The van der Waals surface area contributed by atoms with E-state index < -0.39 is 0 Å². The van der Waals surface area contributed by atoms with Crippen LogP contribution in [0.1, 0.15) is 53.9 Å². The van der Waals surface area contributed by atoms with Crippen LogP contribution in [0.5, 0.6) is 0 Å². The fourth-order valence-corrected chi connectivity index (χ4v) is 3.10. The van der Waals surface area contributed by atoms with Crippen LogP contribution in [-0.2, 0) is 4.79 Å². The minimum absolute atomic E-state index is 0.0386. The van der Waals surface area contributed by atoms with Gasteiger partial charge in [0.05, 0.1) is 0 Å². The molecule has 0 aromatic carbocycles. The molecule has 1 atom stereocenters. The van der Waals surface area contributed by atoms with Gasteiger partial charge in [0.2, 0.25) is 0 Å². The standard InChI is InChI=1S/C15H24O/c1-6-7-8-13(16)14-12(3)9-11(2)10-15(14,4)5/h7-8,11H,6,9-10H2,1-5H3/b8-7+. The van der Waals surface area contributed by atoms with Crippen LogP contribution in [0.4, 0.5) is 0 Å². The molecule has 0 radical (unpaired) electrons. The van der Waals surface area contributed by atoms with Gasteiger partial charge in [-0.1, -0.05) is 39.3 Å². The van der Waals surface area contributed by atoms with Gasteiger partial charge in [0, 0.05) is 5.57 Å². The van der Waals surface area contributed by atoms with Gasteiger partial charge in [0.1, 0.15) is 0 Å². The van der Waals surface area contributed by atoms with Crippen LogP contribution in [0.25, 0.3) is 0 Å². The van der Waals surface area contributed by atoms with E-state index in [1.807, 2.05) is 6.08 Å². The van der Waals surface area contributed by atoms with Crippen molar-refractivity contribution in [1.82, 2.24) is 0 Å². The molecule has 0 spiro atoms. The third-order valence-corrected chi connectivity index (χ3v) is 3.37. The molecule has 0 heterocycles. The quantitative estimate of drug-likeness (QED) is 0.648. The fraction of sp³-hybridized carbons (Fsp3) is 0.667. The molecule has 1 aliphatic carbocycles. The average Bonchev–Trinajstić information content (AvgIpc) is 2.11. The summed E-state index contributed by atoms with van der Waals surface area (Å²) in [7, 11) is 0. The highest BCUT2D eigenvalue weighted by Crippen LogP contribution is 2.43. The number of hydrogen-bond donors (Lipinski definition) is 0. The van der Waals surface area contributed by atoms with Crippen molar-refractivity contribution in [2.45, 2.75) is 53.9 Å². The second-order valence-corrected chi connectivity index (χ2v) is 5.73. The molecule has 0 amide bonds. The molecule has 90 valence electrons. The maximum atomic E-state index is 12.1. The average molecular weight is 220 g/mol. The summed E-state index contributed by atoms with van der Waals surface area (Å²) in [5, 5.41) is 0. The topological polar surface area (TPSA) is 17.1 Å². The third-order valence-electron chi connectivity index (χ3n) is 3.37. The van der Waals surface area contributed by atoms with E-state index >= 15 is 0 Å². The van der Waals surface area contributed by atoms with Crippen molar-refractivity contribution in [2.24, 2.45) is 11.3 Å². The van der Waals surface area contributed by atoms with Crippen molar-refractivity contribution < 1.29 is 4.79 Å². The molecule has 1 aliphatic rings. The highest BCUT2D eigenvalue weighted by Gasteiger charge is 2.34. The minimum Gasteiger partial charge on any atom is -0.290 e. The molecular formula is C15H24O. The first kappa shape index (κ1) is 13.2. The van der Waals surface area contributed by atoms with Gasteiger partial charge in [-0.25, -0.2) is 0 Å². The molecule has 1 nitrogen and oxygen atoms in total. The van der Waals surface area contributed by atoms with Crippen molar-refractivity contribution in [3.63, 3.8) is 0 Å². The van der Waals surface area contributed by atoms with Crippen LogP contribution in [-0.4, -0.2) is 5.78 Å². The molecule has 0 aromatic heterocycles. The van der Waals surface area contributed by atoms with Gasteiger partial charge in [-0.3, -0.25) is 4.79 Å². The van der Waals surface area contributed by atoms with Crippen LogP contribution < -0.4 is 0 Å². The molecule has 1 heteroatoms. The van der Waals surface area contributed by atoms with Crippen LogP contribution in [0.3, 0.4) is 0 Å². The largest absolute Gasteiger partial charge is 0.290 e. The van der Waals surface area contributed by atoms with Gasteiger partial charge in [0.25, 0.3) is 0 Å². The van der Waals surface area contributed by atoms with E-state index in [2.05, 4.69) is 34.6 Å². The molecule has 0 N–H and O–H groups in total. The Morgan fingerprint density at radius 2 is 2.12 bits per heavy atom. The van der Waals surface area contributed by atoms with Crippen molar-refractivity contribution in [3.05, 3.63) is 23.3 Å². The van der Waals surface area contributed by atoms with Crippen LogP contribution >= 0.6 is 0 Å². The highest BCUT2D eigenvalue weighted by atomic mass is 16.1. The molecular weight excluding hydrogens is 196 g/mol. The van der Waals surface area contributed by atoms with E-state index in [0.717, 1.165) is 24.8 Å². The number of rotatable bonds is 3. The Labute approximate surface area is 99.6 Å². The summed E-state index contributed by atoms with van der Waals surface area (Å²) < 4.78 is 0. The zero-order chi connectivity index (χ0) is 12.3. The Morgan fingerprint density at radius 3 is 2.62 bits per heavy atom. The summed E-state index contributed by atoms with van der Waals surface area (Å²) in [6.07, 6.45) is 6.82. The van der Waals surface area contributed by atoms with Gasteiger partial charge in [-0.2, -0.15) is 0 Å². The Bertz CT molecular complexity index is 331. The fourth-order valence-electron chi connectivity index (χ4n) is 3.10. The molecule has 16 heavy (non-hydrogen) atoms. The zero-order valence-corrected chi connectivity index (χ0v) is 11.3. The summed E-state index contributed by atoms with van der Waals surface area (Å²) in [5.41, 5.74) is 2.38. The lowest BCUT2D eigenvalue weighted by Crippen LogP contribution is -2.28. The van der Waals surface area contributed by atoms with E-state index in [-0.39, 0.29) is 11.2 Å². The maximum absolute atomic E-state index is 12.1. The van der Waals surface area contributed by atoms with Crippen molar-refractivity contribution in [2.75, 3.05) is 0 Å². The molecule has 0 saturated heterocycles. The van der Waals surface area contributed by atoms with Crippen molar-refractivity contribution >= 4 is 5.78 Å². The van der Waals surface area contributed by atoms with Crippen LogP contribution in [0, 0.1) is 11.3 Å². The van der Waals surface area contributed by atoms with E-state index in [1.54, 1.807) is 6.08 Å². The summed E-state index contributed by atoms with van der Waals surface area (Å²) in [6, 6.07) is 0. The third kappa shape index (κ3) is 2.84. The Hall–Kier alpha value is -0.850. The van der Waals surface area contributed by atoms with Crippen LogP contribution in [0.15, 0.2) is 23.3 Å². The number of allylic oxidation sites excluding steroid dienone is 4. The summed E-state index contributed by atoms with van der Waals surface area (Å²) in [6.45, 7) is 10.8. The number of carbonyl (C=O) groups is 1. The van der Waals surface area contributed by atoms with E-state index in [9.17, 15) is 4.79 Å². The molecule has 0 aromatic rings. The molecule has 0 bridgehead atoms. The maximum Gasteiger partial charge on any atom is 0.181 e. The summed E-state index contributed by atoms with van der Waals surface area (Å²) in [4.78, 5) is 12.1. The zero-order valence-electron chi connectivity index (χ0n) is 11.3. The lowest BCUT2D eigenvalue weighted by atomic mass is 9.67. The monoisotopic (exact) mass is 220 g/mol. The van der Waals surface area contributed by atoms with Crippen LogP contribution in [0.2, 0.25) is 0 Å². The summed E-state index contributed by atoms with van der Waals surface area (Å²) in [5.74, 6) is 0.915. The second kappa shape index (κ2) is 4.99. The first-order valence-electron chi connectivity index (χ1n) is 6.29. The van der Waals surface area contributed by atoms with E-state index in [4.69, 9.17) is 0 Å². The molecule has 1 unspecified atom stereocenters. The van der Waals surface area contributed by atoms with Gasteiger partial charge < -0.3 is 0 Å². The lowest BCUT2D eigenvalue weighted by Gasteiger charge is -2.36. The predicted octanol–water partition coefficient (Wildman–Crippen LogP) is 4.29. The minimum atomic E-state index is 0.0386. The Balaban J connectivity index is 3.03. The SMILES string of the molecule is CC/C=C/C(=O)C1=C(C)CC(C)CC1(C)C. The molecule has 0 saturated carbocycles. The molecule has 0 aliphatic heterocycles. The lowest BCUT2D eigenvalue weighted by molar-refractivity contribution is -0.112. The van der Waals surface area contributed by atoms with E-state index in [0.29, 0.717) is 5.92 Å². The number of hydrogen-bond acceptors (Lipinski definition) is 1. The Kier molecular flexibility index (Phi) is 4.12. The van der Waals surface area contributed by atoms with Gasteiger partial charge in [-0.15, -0.1) is 0 Å². The first-order chi connectivity index (χ1) is 7.38. The normalized spacial score (nSPS) is 25.2. The second-order valence-electron chi connectivity index (χ2n) is 5.73.